The summed E-state index contributed by atoms with van der Waals surface area (Å²) in [7, 11) is 0. The van der Waals surface area contributed by atoms with Gasteiger partial charge in [-0.1, -0.05) is 106 Å². The molecule has 0 amide bonds. The molecule has 0 saturated heterocycles. The molecule has 148 valence electrons. The first-order chi connectivity index (χ1) is 13.2. The highest BCUT2D eigenvalue weighted by atomic mass is 35.5. The topological polar surface area (TPSA) is 6.48 Å². The van der Waals surface area contributed by atoms with Gasteiger partial charge >= 0.3 is 0 Å². The molecule has 1 aliphatic rings. The molecule has 0 saturated carbocycles. The summed E-state index contributed by atoms with van der Waals surface area (Å²) in [4.78, 5) is 4.34. The molecular weight excluding hydrogens is 375 g/mol. The first-order valence-corrected chi connectivity index (χ1v) is 11.0. The third-order valence-electron chi connectivity index (χ3n) is 4.79. The van der Waals surface area contributed by atoms with Crippen LogP contribution in [0.1, 0.15) is 58.4 Å². The lowest BCUT2D eigenvalue weighted by Crippen LogP contribution is -2.27. The minimum absolute atomic E-state index is 0.670. The largest absolute Gasteiger partial charge is 0.342 e. The predicted octanol–water partition coefficient (Wildman–Crippen LogP) is 7.52. The lowest BCUT2D eigenvalue weighted by atomic mass is 10.1. The van der Waals surface area contributed by atoms with E-state index in [0.717, 1.165) is 19.8 Å². The van der Waals surface area contributed by atoms with E-state index in [1.807, 2.05) is 13.8 Å². The van der Waals surface area contributed by atoms with Crippen molar-refractivity contribution in [2.24, 2.45) is 0 Å². The number of benzene rings is 2. The molecule has 4 heteroatoms. The zero-order valence-electron chi connectivity index (χ0n) is 16.8. The highest BCUT2D eigenvalue weighted by Crippen LogP contribution is 2.31. The van der Waals surface area contributed by atoms with Gasteiger partial charge in [-0.25, -0.2) is 0 Å². The van der Waals surface area contributed by atoms with Gasteiger partial charge < -0.3 is 9.80 Å². The number of fused-ring (bicyclic) bond motifs is 1. The maximum atomic E-state index is 6.49. The van der Waals surface area contributed by atoms with E-state index in [4.69, 9.17) is 23.2 Å². The van der Waals surface area contributed by atoms with E-state index in [2.05, 4.69) is 59.2 Å². The van der Waals surface area contributed by atoms with Crippen LogP contribution in [-0.4, -0.2) is 23.0 Å². The highest BCUT2D eigenvalue weighted by molar-refractivity contribution is 6.38. The third kappa shape index (κ3) is 6.05. The van der Waals surface area contributed by atoms with Crippen LogP contribution in [0.25, 0.3) is 10.8 Å². The molecule has 1 aliphatic heterocycles. The Hall–Kier alpha value is -1.38. The van der Waals surface area contributed by atoms with Gasteiger partial charge in [-0.2, -0.15) is 0 Å². The Morgan fingerprint density at radius 2 is 1.48 bits per heavy atom. The number of halogens is 2. The van der Waals surface area contributed by atoms with Crippen molar-refractivity contribution in [1.29, 1.82) is 0 Å². The molecule has 2 nitrogen and oxygen atoms in total. The Kier molecular flexibility index (Phi) is 9.30. The second kappa shape index (κ2) is 11.5. The highest BCUT2D eigenvalue weighted by Gasteiger charge is 2.26. The van der Waals surface area contributed by atoms with E-state index in [-0.39, 0.29) is 0 Å². The Morgan fingerprint density at radius 3 is 2.22 bits per heavy atom. The van der Waals surface area contributed by atoms with Crippen molar-refractivity contribution in [1.82, 2.24) is 9.80 Å². The van der Waals surface area contributed by atoms with Crippen LogP contribution in [0.15, 0.2) is 52.8 Å². The second-order valence-electron chi connectivity index (χ2n) is 6.78. The van der Waals surface area contributed by atoms with Crippen LogP contribution in [0, 0.1) is 0 Å². The minimum Gasteiger partial charge on any atom is -0.342 e. The summed E-state index contributed by atoms with van der Waals surface area (Å²) in [6.45, 7) is 8.78. The van der Waals surface area contributed by atoms with Crippen molar-refractivity contribution in [3.63, 3.8) is 0 Å². The van der Waals surface area contributed by atoms with E-state index in [1.165, 1.54) is 48.4 Å². The molecule has 2 aromatic rings. The smallest absolute Gasteiger partial charge is 0.142 e. The first-order valence-electron chi connectivity index (χ1n) is 10.2. The predicted molar refractivity (Wildman–Crippen MR) is 120 cm³/mol. The summed E-state index contributed by atoms with van der Waals surface area (Å²) < 4.78 is 0. The zero-order chi connectivity index (χ0) is 19.6. The van der Waals surface area contributed by atoms with Crippen LogP contribution < -0.4 is 0 Å². The third-order valence-corrected chi connectivity index (χ3v) is 5.72. The van der Waals surface area contributed by atoms with Gasteiger partial charge in [-0.05, 0) is 28.8 Å². The van der Waals surface area contributed by atoms with Gasteiger partial charge in [-0.3, -0.25) is 0 Å². The Labute approximate surface area is 174 Å². The molecule has 1 heterocycles. The summed E-state index contributed by atoms with van der Waals surface area (Å²) in [6.07, 6.45) is 6.33. The molecular formula is C23H32Cl2N2. The van der Waals surface area contributed by atoms with E-state index in [0.29, 0.717) is 10.3 Å². The molecule has 2 aromatic carbocycles. The number of unbranched alkanes of at least 4 members (excludes halogenated alkanes) is 4. The second-order valence-corrected chi connectivity index (χ2v) is 7.50. The Morgan fingerprint density at radius 1 is 0.815 bits per heavy atom. The molecule has 0 fully saturated rings. The van der Waals surface area contributed by atoms with Crippen LogP contribution in [0.5, 0.6) is 0 Å². The molecule has 0 aliphatic carbocycles. The Bertz CT molecular complexity index is 742. The molecule has 0 radical (unpaired) electrons. The SMILES string of the molecule is CC.CCCCCCCN1CN(Cc2ccc3ccccc3c2)C(Cl)=C1Cl. The summed E-state index contributed by atoms with van der Waals surface area (Å²) in [6, 6.07) is 15.0. The fourth-order valence-electron chi connectivity index (χ4n) is 3.34. The Balaban J connectivity index is 0.00000126. The monoisotopic (exact) mass is 406 g/mol. The number of nitrogens with zero attached hydrogens (tertiary/aromatic N) is 2. The van der Waals surface area contributed by atoms with Crippen molar-refractivity contribution >= 4 is 34.0 Å². The molecule has 0 unspecified atom stereocenters. The zero-order valence-corrected chi connectivity index (χ0v) is 18.4. The van der Waals surface area contributed by atoms with Gasteiger partial charge in [0.2, 0.25) is 0 Å². The summed E-state index contributed by atoms with van der Waals surface area (Å²) >= 11 is 12.9. The quantitative estimate of drug-likeness (QED) is 0.330. The summed E-state index contributed by atoms with van der Waals surface area (Å²) in [5, 5.41) is 3.89. The average molecular weight is 407 g/mol. The van der Waals surface area contributed by atoms with Gasteiger partial charge in [0.1, 0.15) is 10.3 Å². The molecule has 0 atom stereocenters. The van der Waals surface area contributed by atoms with Crippen LogP contribution in [0.3, 0.4) is 0 Å². The van der Waals surface area contributed by atoms with Crippen LogP contribution in [-0.2, 0) is 6.54 Å². The van der Waals surface area contributed by atoms with Crippen molar-refractivity contribution in [3.8, 4) is 0 Å². The lowest BCUT2D eigenvalue weighted by molar-refractivity contribution is 0.249. The van der Waals surface area contributed by atoms with Crippen molar-refractivity contribution in [2.75, 3.05) is 13.2 Å². The molecule has 27 heavy (non-hydrogen) atoms. The molecule has 0 spiro atoms. The summed E-state index contributed by atoms with van der Waals surface area (Å²) in [5.74, 6) is 0. The fourth-order valence-corrected chi connectivity index (χ4v) is 3.83. The fraction of sp³-hybridized carbons (Fsp3) is 0.478. The van der Waals surface area contributed by atoms with Crippen molar-refractivity contribution in [2.45, 2.75) is 59.4 Å². The molecule has 0 aromatic heterocycles. The van der Waals surface area contributed by atoms with E-state index in [9.17, 15) is 0 Å². The average Bonchev–Trinajstić information content (AvgIpc) is 2.97. The van der Waals surface area contributed by atoms with Crippen LogP contribution >= 0.6 is 23.2 Å². The number of hydrogen-bond acceptors (Lipinski definition) is 2. The van der Waals surface area contributed by atoms with Crippen LogP contribution in [0.4, 0.5) is 0 Å². The van der Waals surface area contributed by atoms with Gasteiger partial charge in [0.25, 0.3) is 0 Å². The molecule has 3 rings (SSSR count). The number of hydrogen-bond donors (Lipinski definition) is 0. The van der Waals surface area contributed by atoms with Gasteiger partial charge in [0.15, 0.2) is 0 Å². The molecule has 0 bridgehead atoms. The van der Waals surface area contributed by atoms with Crippen molar-refractivity contribution in [3.05, 3.63) is 58.3 Å². The normalized spacial score (nSPS) is 14.0. The van der Waals surface area contributed by atoms with Crippen molar-refractivity contribution < 1.29 is 0 Å². The maximum absolute atomic E-state index is 6.49. The number of rotatable bonds is 8. The maximum Gasteiger partial charge on any atom is 0.142 e. The van der Waals surface area contributed by atoms with E-state index >= 15 is 0 Å². The summed E-state index contributed by atoms with van der Waals surface area (Å²) in [5.41, 5.74) is 1.26. The van der Waals surface area contributed by atoms with E-state index in [1.54, 1.807) is 0 Å². The standard InChI is InChI=1S/C21H26Cl2N2.C2H6/c1-2-3-4-5-8-13-24-16-25(21(23)20(24)22)15-17-11-12-18-9-6-7-10-19(18)14-17;1-2/h6-7,9-12,14H,2-5,8,13,15-16H2,1H3;1-2H3. The van der Waals surface area contributed by atoms with Gasteiger partial charge in [-0.15, -0.1) is 0 Å². The van der Waals surface area contributed by atoms with Crippen LogP contribution in [0.2, 0.25) is 0 Å². The lowest BCUT2D eigenvalue weighted by Gasteiger charge is -2.22. The van der Waals surface area contributed by atoms with E-state index < -0.39 is 0 Å². The first kappa shape index (κ1) is 21.9. The van der Waals surface area contributed by atoms with Gasteiger partial charge in [0.05, 0.1) is 6.67 Å². The minimum atomic E-state index is 0.670. The molecule has 0 N–H and O–H groups in total. The van der Waals surface area contributed by atoms with Gasteiger partial charge in [0, 0.05) is 13.1 Å².